The molecule has 0 spiro atoms. The summed E-state index contributed by atoms with van der Waals surface area (Å²) in [7, 11) is 0. The summed E-state index contributed by atoms with van der Waals surface area (Å²) in [6.07, 6.45) is 1.66. The number of rotatable bonds is 7. The van der Waals surface area contributed by atoms with Crippen LogP contribution in [-0.2, 0) is 4.79 Å². The summed E-state index contributed by atoms with van der Waals surface area (Å²) in [6.45, 7) is 2.20. The Morgan fingerprint density at radius 1 is 1.53 bits per heavy atom. The van der Waals surface area contributed by atoms with Crippen molar-refractivity contribution in [2.24, 2.45) is 0 Å². The number of aliphatic carboxylic acids is 1. The lowest BCUT2D eigenvalue weighted by atomic mass is 10.2. The van der Waals surface area contributed by atoms with Crippen LogP contribution in [0.4, 0.5) is 11.4 Å². The Balaban J connectivity index is 3.14. The quantitative estimate of drug-likeness (QED) is 0.613. The van der Waals surface area contributed by atoms with E-state index >= 15 is 0 Å². The molecule has 0 bridgehead atoms. The minimum Gasteiger partial charge on any atom is -0.480 e. The molecular formula is C12H15BrN2O4. The highest BCUT2D eigenvalue weighted by Crippen LogP contribution is 2.31. The topological polar surface area (TPSA) is 83.7 Å². The Morgan fingerprint density at radius 3 is 2.74 bits per heavy atom. The van der Waals surface area contributed by atoms with Gasteiger partial charge in [0, 0.05) is 17.1 Å². The standard InChI is InChI=1S/C12H15BrN2O4/c1-2-3-6-14(8-12(16)17)11-7-9(13)4-5-10(11)15(18)19/h4-5,7H,2-3,6,8H2,1H3,(H,16,17). The number of benzene rings is 1. The molecule has 1 aromatic carbocycles. The number of halogens is 1. The highest BCUT2D eigenvalue weighted by Gasteiger charge is 2.21. The van der Waals surface area contributed by atoms with Crippen LogP contribution >= 0.6 is 15.9 Å². The van der Waals surface area contributed by atoms with Gasteiger partial charge in [0.2, 0.25) is 0 Å². The van der Waals surface area contributed by atoms with Gasteiger partial charge in [-0.2, -0.15) is 0 Å². The van der Waals surface area contributed by atoms with E-state index in [1.807, 2.05) is 6.92 Å². The predicted octanol–water partition coefficient (Wildman–Crippen LogP) is 3.05. The van der Waals surface area contributed by atoms with Gasteiger partial charge in [-0.25, -0.2) is 0 Å². The van der Waals surface area contributed by atoms with Crippen LogP contribution in [0.5, 0.6) is 0 Å². The molecule has 6 nitrogen and oxygen atoms in total. The Kier molecular flexibility index (Phi) is 5.75. The number of nitrogens with zero attached hydrogens (tertiary/aromatic N) is 2. The Hall–Kier alpha value is -1.63. The Bertz CT molecular complexity index is 479. The first kappa shape index (κ1) is 15.4. The Labute approximate surface area is 119 Å². The molecule has 0 saturated heterocycles. The highest BCUT2D eigenvalue weighted by molar-refractivity contribution is 9.10. The van der Waals surface area contributed by atoms with Gasteiger partial charge < -0.3 is 10.0 Å². The third kappa shape index (κ3) is 4.51. The second-order valence-electron chi connectivity index (χ2n) is 4.06. The molecule has 0 aliphatic heterocycles. The zero-order valence-corrected chi connectivity index (χ0v) is 12.1. The highest BCUT2D eigenvalue weighted by atomic mass is 79.9. The van der Waals surface area contributed by atoms with Crippen LogP contribution in [0.15, 0.2) is 22.7 Å². The first-order chi connectivity index (χ1) is 8.95. The van der Waals surface area contributed by atoms with Gasteiger partial charge >= 0.3 is 5.97 Å². The maximum atomic E-state index is 11.0. The zero-order valence-electron chi connectivity index (χ0n) is 10.5. The molecule has 0 aliphatic rings. The average Bonchev–Trinajstić information content (AvgIpc) is 2.33. The number of carbonyl (C=O) groups is 1. The molecule has 0 heterocycles. The largest absolute Gasteiger partial charge is 0.480 e. The third-order valence-corrected chi connectivity index (χ3v) is 3.08. The van der Waals surface area contributed by atoms with E-state index in [2.05, 4.69) is 15.9 Å². The minimum atomic E-state index is -1.01. The van der Waals surface area contributed by atoms with Gasteiger partial charge in [-0.3, -0.25) is 14.9 Å². The van der Waals surface area contributed by atoms with Crippen molar-refractivity contribution in [2.45, 2.75) is 19.8 Å². The molecular weight excluding hydrogens is 316 g/mol. The molecule has 1 rings (SSSR count). The van der Waals surface area contributed by atoms with Gasteiger partial charge in [-0.1, -0.05) is 29.3 Å². The molecule has 1 aromatic rings. The molecule has 104 valence electrons. The number of nitro groups is 1. The van der Waals surface area contributed by atoms with E-state index in [9.17, 15) is 14.9 Å². The molecule has 0 fully saturated rings. The SMILES string of the molecule is CCCCN(CC(=O)O)c1cc(Br)ccc1[N+](=O)[O-]. The van der Waals surface area contributed by atoms with Crippen LogP contribution in [0.2, 0.25) is 0 Å². The monoisotopic (exact) mass is 330 g/mol. The maximum absolute atomic E-state index is 11.0. The van der Waals surface area contributed by atoms with Crippen molar-refractivity contribution in [3.05, 3.63) is 32.8 Å². The van der Waals surface area contributed by atoms with Crippen molar-refractivity contribution in [3.8, 4) is 0 Å². The lowest BCUT2D eigenvalue weighted by molar-refractivity contribution is -0.384. The lowest BCUT2D eigenvalue weighted by Crippen LogP contribution is -2.31. The summed E-state index contributed by atoms with van der Waals surface area (Å²) in [4.78, 5) is 22.9. The van der Waals surface area contributed by atoms with E-state index < -0.39 is 10.9 Å². The Morgan fingerprint density at radius 2 is 2.21 bits per heavy atom. The molecule has 0 amide bonds. The lowest BCUT2D eigenvalue weighted by Gasteiger charge is -2.22. The number of carboxylic acids is 1. The van der Waals surface area contributed by atoms with E-state index in [1.54, 1.807) is 12.1 Å². The second kappa shape index (κ2) is 7.08. The van der Waals surface area contributed by atoms with Crippen LogP contribution in [0.3, 0.4) is 0 Å². The first-order valence-corrected chi connectivity index (χ1v) is 6.65. The van der Waals surface area contributed by atoms with E-state index in [0.717, 1.165) is 12.8 Å². The summed E-state index contributed by atoms with van der Waals surface area (Å²) < 4.78 is 0.681. The van der Waals surface area contributed by atoms with Crippen LogP contribution in [0, 0.1) is 10.1 Å². The van der Waals surface area contributed by atoms with Crippen molar-refractivity contribution in [1.82, 2.24) is 0 Å². The van der Waals surface area contributed by atoms with Gasteiger partial charge in [-0.05, 0) is 18.6 Å². The zero-order chi connectivity index (χ0) is 14.4. The van der Waals surface area contributed by atoms with Crippen LogP contribution in [-0.4, -0.2) is 29.1 Å². The fraction of sp³-hybridized carbons (Fsp3) is 0.417. The molecule has 7 heteroatoms. The number of hydrogen-bond acceptors (Lipinski definition) is 4. The van der Waals surface area contributed by atoms with Crippen LogP contribution in [0.25, 0.3) is 0 Å². The maximum Gasteiger partial charge on any atom is 0.323 e. The molecule has 0 aliphatic carbocycles. The van der Waals surface area contributed by atoms with E-state index in [1.165, 1.54) is 11.0 Å². The molecule has 0 radical (unpaired) electrons. The number of unbranched alkanes of at least 4 members (excludes halogenated alkanes) is 1. The van der Waals surface area contributed by atoms with Gasteiger partial charge in [0.1, 0.15) is 12.2 Å². The fourth-order valence-corrected chi connectivity index (χ4v) is 2.05. The summed E-state index contributed by atoms with van der Waals surface area (Å²) in [5.41, 5.74) is 0.246. The molecule has 0 saturated carbocycles. The van der Waals surface area contributed by atoms with Crippen molar-refractivity contribution in [3.63, 3.8) is 0 Å². The molecule has 0 aromatic heterocycles. The first-order valence-electron chi connectivity index (χ1n) is 5.86. The number of anilines is 1. The van der Waals surface area contributed by atoms with Crippen LogP contribution in [0.1, 0.15) is 19.8 Å². The predicted molar refractivity (Wildman–Crippen MR) is 75.6 cm³/mol. The number of nitro benzene ring substituents is 1. The molecule has 1 N–H and O–H groups in total. The van der Waals surface area contributed by atoms with Gasteiger partial charge in [0.05, 0.1) is 4.92 Å². The number of hydrogen-bond donors (Lipinski definition) is 1. The van der Waals surface area contributed by atoms with Crippen molar-refractivity contribution < 1.29 is 14.8 Å². The van der Waals surface area contributed by atoms with Crippen LogP contribution < -0.4 is 4.90 Å². The fourth-order valence-electron chi connectivity index (χ4n) is 1.70. The molecule has 0 atom stereocenters. The molecule has 0 unspecified atom stereocenters. The number of carboxylic acid groups (broad SMARTS) is 1. The van der Waals surface area contributed by atoms with Crippen molar-refractivity contribution >= 4 is 33.3 Å². The van der Waals surface area contributed by atoms with E-state index in [4.69, 9.17) is 5.11 Å². The summed E-state index contributed by atoms with van der Waals surface area (Å²) in [6, 6.07) is 4.53. The summed E-state index contributed by atoms with van der Waals surface area (Å²) in [5.74, 6) is -1.01. The van der Waals surface area contributed by atoms with Gasteiger partial charge in [0.25, 0.3) is 5.69 Å². The van der Waals surface area contributed by atoms with E-state index in [0.29, 0.717) is 16.7 Å². The normalized spacial score (nSPS) is 10.2. The smallest absolute Gasteiger partial charge is 0.323 e. The minimum absolute atomic E-state index is 0.0828. The van der Waals surface area contributed by atoms with Crippen molar-refractivity contribution in [1.29, 1.82) is 0 Å². The summed E-state index contributed by atoms with van der Waals surface area (Å²) >= 11 is 3.25. The molecule has 19 heavy (non-hydrogen) atoms. The van der Waals surface area contributed by atoms with Gasteiger partial charge in [0.15, 0.2) is 0 Å². The third-order valence-electron chi connectivity index (χ3n) is 2.58. The van der Waals surface area contributed by atoms with E-state index in [-0.39, 0.29) is 12.2 Å². The second-order valence-corrected chi connectivity index (χ2v) is 4.97. The van der Waals surface area contributed by atoms with Crippen molar-refractivity contribution in [2.75, 3.05) is 18.0 Å². The summed E-state index contributed by atoms with van der Waals surface area (Å²) in [5, 5.41) is 19.9. The van der Waals surface area contributed by atoms with Gasteiger partial charge in [-0.15, -0.1) is 0 Å². The average molecular weight is 331 g/mol.